The van der Waals surface area contributed by atoms with Crippen LogP contribution in [0.1, 0.15) is 40.5 Å². The lowest BCUT2D eigenvalue weighted by Crippen LogP contribution is -2.51. The van der Waals surface area contributed by atoms with E-state index in [9.17, 15) is 4.79 Å². The number of hydrogen-bond acceptors (Lipinski definition) is 3. The normalized spacial score (nSPS) is 22.6. The first-order chi connectivity index (χ1) is 8.14. The predicted octanol–water partition coefficient (Wildman–Crippen LogP) is 1.21. The van der Waals surface area contributed by atoms with E-state index >= 15 is 0 Å². The Hall–Kier alpha value is -0.610. The summed E-state index contributed by atoms with van der Waals surface area (Å²) in [7, 11) is 2.15. The van der Waals surface area contributed by atoms with Gasteiger partial charge in [-0.3, -0.25) is 4.79 Å². The van der Waals surface area contributed by atoms with Gasteiger partial charge in [0.05, 0.1) is 6.04 Å². The van der Waals surface area contributed by atoms with E-state index in [-0.39, 0.29) is 16.7 Å². The van der Waals surface area contributed by atoms with Crippen LogP contribution in [0.3, 0.4) is 0 Å². The molecular weight excluding hydrogens is 226 g/mol. The van der Waals surface area contributed by atoms with Gasteiger partial charge in [0, 0.05) is 6.54 Å². The third-order valence-corrected chi connectivity index (χ3v) is 4.10. The molecule has 4 nitrogen and oxygen atoms in total. The van der Waals surface area contributed by atoms with E-state index in [1.165, 1.54) is 0 Å². The van der Waals surface area contributed by atoms with E-state index in [2.05, 4.69) is 24.2 Å². The van der Waals surface area contributed by atoms with Crippen LogP contribution in [0.15, 0.2) is 0 Å². The van der Waals surface area contributed by atoms with Crippen molar-refractivity contribution in [1.82, 2.24) is 10.2 Å². The standard InChI is InChI=1S/C14H29N3O/c1-13(2,3)11(15)12(18)16-10-14(4)6-8-17(5)9-7-14/h11H,6-10,15H2,1-5H3,(H,16,18). The summed E-state index contributed by atoms with van der Waals surface area (Å²) < 4.78 is 0. The second-order valence-electron chi connectivity index (χ2n) is 7.18. The zero-order valence-electron chi connectivity index (χ0n) is 12.5. The van der Waals surface area contributed by atoms with E-state index in [0.717, 1.165) is 32.5 Å². The van der Waals surface area contributed by atoms with Crippen LogP contribution < -0.4 is 11.1 Å². The molecule has 1 aliphatic heterocycles. The predicted molar refractivity (Wildman–Crippen MR) is 75.3 cm³/mol. The molecule has 3 N–H and O–H groups in total. The zero-order chi connectivity index (χ0) is 14.0. The molecule has 18 heavy (non-hydrogen) atoms. The van der Waals surface area contributed by atoms with Crippen molar-refractivity contribution in [2.45, 2.75) is 46.6 Å². The van der Waals surface area contributed by atoms with Gasteiger partial charge in [-0.1, -0.05) is 27.7 Å². The number of nitrogens with one attached hydrogen (secondary N) is 1. The number of carbonyl (C=O) groups is 1. The van der Waals surface area contributed by atoms with Crippen LogP contribution in [0.2, 0.25) is 0 Å². The minimum absolute atomic E-state index is 0.0253. The van der Waals surface area contributed by atoms with Crippen molar-refractivity contribution in [2.75, 3.05) is 26.7 Å². The highest BCUT2D eigenvalue weighted by Gasteiger charge is 2.32. The third-order valence-electron chi connectivity index (χ3n) is 4.10. The topological polar surface area (TPSA) is 58.4 Å². The second-order valence-corrected chi connectivity index (χ2v) is 7.18. The largest absolute Gasteiger partial charge is 0.354 e. The molecule has 0 spiro atoms. The van der Waals surface area contributed by atoms with Crippen LogP contribution >= 0.6 is 0 Å². The van der Waals surface area contributed by atoms with Gasteiger partial charge in [-0.05, 0) is 43.8 Å². The summed E-state index contributed by atoms with van der Waals surface area (Å²) in [5.41, 5.74) is 5.99. The average Bonchev–Trinajstić information content (AvgIpc) is 2.28. The van der Waals surface area contributed by atoms with Crippen molar-refractivity contribution in [3.8, 4) is 0 Å². The minimum Gasteiger partial charge on any atom is -0.354 e. The summed E-state index contributed by atoms with van der Waals surface area (Å²) in [6, 6.07) is -0.438. The van der Waals surface area contributed by atoms with Crippen LogP contribution in [0, 0.1) is 10.8 Å². The number of nitrogens with zero attached hydrogens (tertiary/aromatic N) is 1. The van der Waals surface area contributed by atoms with Crippen LogP contribution in [-0.4, -0.2) is 43.5 Å². The Morgan fingerprint density at radius 2 is 1.89 bits per heavy atom. The number of likely N-dealkylation sites (tertiary alicyclic amines) is 1. The Bertz CT molecular complexity index is 288. The number of carbonyl (C=O) groups excluding carboxylic acids is 1. The summed E-state index contributed by atoms with van der Waals surface area (Å²) in [6.45, 7) is 11.2. The molecule has 0 bridgehead atoms. The first kappa shape index (κ1) is 15.4. The lowest BCUT2D eigenvalue weighted by molar-refractivity contribution is -0.125. The molecule has 0 radical (unpaired) electrons. The van der Waals surface area contributed by atoms with Crippen LogP contribution in [0.4, 0.5) is 0 Å². The van der Waals surface area contributed by atoms with Gasteiger partial charge in [-0.15, -0.1) is 0 Å². The monoisotopic (exact) mass is 255 g/mol. The highest BCUT2D eigenvalue weighted by atomic mass is 16.2. The molecule has 1 fully saturated rings. The molecule has 0 aromatic heterocycles. The maximum absolute atomic E-state index is 12.0. The summed E-state index contributed by atoms with van der Waals surface area (Å²) in [6.07, 6.45) is 2.27. The highest BCUT2D eigenvalue weighted by molar-refractivity contribution is 5.82. The smallest absolute Gasteiger partial charge is 0.237 e. The van der Waals surface area contributed by atoms with Crippen molar-refractivity contribution in [3.05, 3.63) is 0 Å². The number of piperidine rings is 1. The molecule has 1 saturated heterocycles. The van der Waals surface area contributed by atoms with Crippen molar-refractivity contribution in [3.63, 3.8) is 0 Å². The maximum atomic E-state index is 12.0. The number of nitrogens with two attached hydrogens (primary N) is 1. The number of hydrogen-bond donors (Lipinski definition) is 2. The Kier molecular flexibility index (Phi) is 4.78. The van der Waals surface area contributed by atoms with Gasteiger partial charge >= 0.3 is 0 Å². The van der Waals surface area contributed by atoms with Crippen LogP contribution in [0.25, 0.3) is 0 Å². The number of amides is 1. The van der Waals surface area contributed by atoms with E-state index in [4.69, 9.17) is 5.73 Å². The van der Waals surface area contributed by atoms with E-state index in [1.54, 1.807) is 0 Å². The minimum atomic E-state index is -0.438. The molecule has 1 unspecified atom stereocenters. The molecule has 4 heteroatoms. The molecule has 0 aliphatic carbocycles. The second kappa shape index (κ2) is 5.57. The van der Waals surface area contributed by atoms with Crippen LogP contribution in [0.5, 0.6) is 0 Å². The zero-order valence-corrected chi connectivity index (χ0v) is 12.5. The fourth-order valence-electron chi connectivity index (χ4n) is 2.14. The summed E-state index contributed by atoms with van der Waals surface area (Å²) >= 11 is 0. The average molecular weight is 255 g/mol. The Labute approximate surface area is 111 Å². The Morgan fingerprint density at radius 1 is 1.39 bits per heavy atom. The summed E-state index contributed by atoms with van der Waals surface area (Å²) in [4.78, 5) is 14.3. The van der Waals surface area contributed by atoms with E-state index in [0.29, 0.717) is 0 Å². The van der Waals surface area contributed by atoms with Crippen molar-refractivity contribution in [2.24, 2.45) is 16.6 Å². The van der Waals surface area contributed by atoms with Crippen molar-refractivity contribution >= 4 is 5.91 Å². The molecule has 1 rings (SSSR count). The maximum Gasteiger partial charge on any atom is 0.237 e. The third kappa shape index (κ3) is 4.25. The first-order valence-corrected chi connectivity index (χ1v) is 6.86. The van der Waals surface area contributed by atoms with Gasteiger partial charge in [0.25, 0.3) is 0 Å². The fourth-order valence-corrected chi connectivity index (χ4v) is 2.14. The molecule has 1 amide bonds. The quantitative estimate of drug-likeness (QED) is 0.797. The molecule has 1 heterocycles. The first-order valence-electron chi connectivity index (χ1n) is 6.86. The highest BCUT2D eigenvalue weighted by Crippen LogP contribution is 2.29. The SMILES string of the molecule is CN1CCC(C)(CNC(=O)C(N)C(C)(C)C)CC1. The molecule has 0 aromatic rings. The van der Waals surface area contributed by atoms with E-state index in [1.807, 2.05) is 20.8 Å². The summed E-state index contributed by atoms with van der Waals surface area (Å²) in [5.74, 6) is -0.0253. The Morgan fingerprint density at radius 3 is 2.33 bits per heavy atom. The molecule has 1 aliphatic rings. The van der Waals surface area contributed by atoms with Gasteiger partial charge in [0.1, 0.15) is 0 Å². The van der Waals surface area contributed by atoms with E-state index < -0.39 is 6.04 Å². The molecule has 0 saturated carbocycles. The van der Waals surface area contributed by atoms with Crippen molar-refractivity contribution in [1.29, 1.82) is 0 Å². The lowest BCUT2D eigenvalue weighted by atomic mass is 9.80. The van der Waals surface area contributed by atoms with Gasteiger partial charge in [0.15, 0.2) is 0 Å². The van der Waals surface area contributed by atoms with Gasteiger partial charge in [0.2, 0.25) is 5.91 Å². The van der Waals surface area contributed by atoms with Gasteiger partial charge in [-0.2, -0.15) is 0 Å². The fraction of sp³-hybridized carbons (Fsp3) is 0.929. The van der Waals surface area contributed by atoms with Gasteiger partial charge in [-0.25, -0.2) is 0 Å². The van der Waals surface area contributed by atoms with Crippen LogP contribution in [-0.2, 0) is 4.79 Å². The van der Waals surface area contributed by atoms with Crippen molar-refractivity contribution < 1.29 is 4.79 Å². The number of rotatable bonds is 3. The molecular formula is C14H29N3O. The Balaban J connectivity index is 2.43. The molecule has 106 valence electrons. The lowest BCUT2D eigenvalue weighted by Gasteiger charge is -2.38. The summed E-state index contributed by atoms with van der Waals surface area (Å²) in [5, 5.41) is 3.03. The molecule has 0 aromatic carbocycles. The molecule has 1 atom stereocenters. The van der Waals surface area contributed by atoms with Gasteiger partial charge < -0.3 is 16.0 Å².